The highest BCUT2D eigenvalue weighted by atomic mass is 16.6. The van der Waals surface area contributed by atoms with E-state index in [0.717, 1.165) is 5.69 Å². The zero-order valence-electron chi connectivity index (χ0n) is 12.4. The maximum absolute atomic E-state index is 11.9. The molecule has 0 spiro atoms. The maximum atomic E-state index is 11.9. The van der Waals surface area contributed by atoms with Gasteiger partial charge in [0.1, 0.15) is 11.5 Å². The molecule has 0 fully saturated rings. The number of nitrogens with one attached hydrogen (secondary N) is 2. The van der Waals surface area contributed by atoms with Crippen LogP contribution in [0.5, 0.6) is 0 Å². The number of anilines is 1. The van der Waals surface area contributed by atoms with Gasteiger partial charge in [0.2, 0.25) is 0 Å². The highest BCUT2D eigenvalue weighted by molar-refractivity contribution is 5.95. The van der Waals surface area contributed by atoms with E-state index in [-0.39, 0.29) is 11.6 Å². The minimum Gasteiger partial charge on any atom is -0.466 e. The van der Waals surface area contributed by atoms with Crippen molar-refractivity contribution in [3.05, 3.63) is 57.5 Å². The second kappa shape index (κ2) is 6.75. The predicted molar refractivity (Wildman–Crippen MR) is 82.1 cm³/mol. The highest BCUT2D eigenvalue weighted by Crippen LogP contribution is 2.15. The molecule has 116 valence electrons. The van der Waals surface area contributed by atoms with Crippen LogP contribution in [0.2, 0.25) is 0 Å². The number of nitro groups is 1. The van der Waals surface area contributed by atoms with Crippen LogP contribution in [-0.4, -0.2) is 23.9 Å². The van der Waals surface area contributed by atoms with Crippen molar-refractivity contribution in [2.24, 2.45) is 0 Å². The molecule has 0 aliphatic rings. The topological polar surface area (TPSA) is 97.4 Å². The Morgan fingerprint density at radius 3 is 2.45 bits per heavy atom. The molecule has 2 N–H and O–H groups in total. The average Bonchev–Trinajstić information content (AvgIpc) is 2.82. The number of hydrogen-bond donors (Lipinski definition) is 2. The van der Waals surface area contributed by atoms with Crippen molar-refractivity contribution in [2.45, 2.75) is 13.8 Å². The van der Waals surface area contributed by atoms with Gasteiger partial charge in [-0.15, -0.1) is 0 Å². The van der Waals surface area contributed by atoms with Crippen LogP contribution in [0.25, 0.3) is 0 Å². The van der Waals surface area contributed by atoms with E-state index in [1.165, 1.54) is 12.1 Å². The number of carbonyl (C=O) groups excluding carboxylic acids is 1. The Kier molecular flexibility index (Phi) is 4.77. The van der Waals surface area contributed by atoms with Crippen molar-refractivity contribution in [1.82, 2.24) is 5.32 Å². The smallest absolute Gasteiger partial charge is 0.269 e. The summed E-state index contributed by atoms with van der Waals surface area (Å²) in [5.74, 6) is 1.12. The molecule has 0 bridgehead atoms. The van der Waals surface area contributed by atoms with Gasteiger partial charge in [-0.3, -0.25) is 14.9 Å². The lowest BCUT2D eigenvalue weighted by Gasteiger charge is -2.07. The normalized spacial score (nSPS) is 10.3. The number of aryl methyl sites for hydroxylation is 2. The van der Waals surface area contributed by atoms with Crippen molar-refractivity contribution in [1.29, 1.82) is 0 Å². The van der Waals surface area contributed by atoms with Crippen molar-refractivity contribution in [3.8, 4) is 0 Å². The Bertz CT molecular complexity index is 677. The van der Waals surface area contributed by atoms with E-state index in [1.54, 1.807) is 32.0 Å². The average molecular weight is 303 g/mol. The van der Waals surface area contributed by atoms with Crippen LogP contribution in [0.4, 0.5) is 11.4 Å². The van der Waals surface area contributed by atoms with Gasteiger partial charge in [0.05, 0.1) is 10.5 Å². The molecule has 7 heteroatoms. The monoisotopic (exact) mass is 303 g/mol. The molecule has 1 aromatic carbocycles. The summed E-state index contributed by atoms with van der Waals surface area (Å²) in [4.78, 5) is 22.0. The molecule has 0 aliphatic carbocycles. The van der Waals surface area contributed by atoms with Gasteiger partial charge in [-0.1, -0.05) is 0 Å². The van der Waals surface area contributed by atoms with Gasteiger partial charge in [0, 0.05) is 30.9 Å². The standard InChI is InChI=1S/C15H17N3O4/c1-10-9-14(11(2)22-10)15(19)17-8-7-16-12-3-5-13(6-4-12)18(20)21/h3-6,9,16H,7-8H2,1-2H3,(H,17,19). The fourth-order valence-corrected chi connectivity index (χ4v) is 2.04. The molecule has 0 saturated heterocycles. The number of benzene rings is 1. The van der Waals surface area contributed by atoms with Crippen molar-refractivity contribution >= 4 is 17.3 Å². The highest BCUT2D eigenvalue weighted by Gasteiger charge is 2.12. The molecule has 0 aliphatic heterocycles. The second-order valence-corrected chi connectivity index (χ2v) is 4.81. The molecular weight excluding hydrogens is 286 g/mol. The van der Waals surface area contributed by atoms with E-state index in [9.17, 15) is 14.9 Å². The summed E-state index contributed by atoms with van der Waals surface area (Å²) >= 11 is 0. The third-order valence-corrected chi connectivity index (χ3v) is 3.10. The SMILES string of the molecule is Cc1cc(C(=O)NCCNc2ccc([N+](=O)[O-])cc2)c(C)o1. The van der Waals surface area contributed by atoms with Gasteiger partial charge in [0.25, 0.3) is 11.6 Å². The van der Waals surface area contributed by atoms with Gasteiger partial charge >= 0.3 is 0 Å². The molecule has 2 rings (SSSR count). The van der Waals surface area contributed by atoms with Crippen LogP contribution in [0, 0.1) is 24.0 Å². The van der Waals surface area contributed by atoms with Crippen molar-refractivity contribution in [2.75, 3.05) is 18.4 Å². The third kappa shape index (κ3) is 3.85. The summed E-state index contributed by atoms with van der Waals surface area (Å²) in [6, 6.07) is 7.82. The lowest BCUT2D eigenvalue weighted by atomic mass is 10.2. The van der Waals surface area contributed by atoms with Gasteiger partial charge in [-0.2, -0.15) is 0 Å². The first-order valence-corrected chi connectivity index (χ1v) is 6.81. The Morgan fingerprint density at radius 2 is 1.91 bits per heavy atom. The summed E-state index contributed by atoms with van der Waals surface area (Å²) in [6.45, 7) is 4.48. The van der Waals surface area contributed by atoms with E-state index in [1.807, 2.05) is 0 Å². The molecule has 1 heterocycles. The lowest BCUT2D eigenvalue weighted by Crippen LogP contribution is -2.28. The van der Waals surface area contributed by atoms with E-state index in [2.05, 4.69) is 10.6 Å². The number of hydrogen-bond acceptors (Lipinski definition) is 5. The largest absolute Gasteiger partial charge is 0.466 e. The van der Waals surface area contributed by atoms with Crippen LogP contribution in [0.15, 0.2) is 34.7 Å². The maximum Gasteiger partial charge on any atom is 0.269 e. The Labute approximate surface area is 127 Å². The Balaban J connectivity index is 1.78. The van der Waals surface area contributed by atoms with E-state index >= 15 is 0 Å². The van der Waals surface area contributed by atoms with Gasteiger partial charge in [-0.25, -0.2) is 0 Å². The van der Waals surface area contributed by atoms with Crippen LogP contribution in [0.3, 0.4) is 0 Å². The number of rotatable bonds is 6. The summed E-state index contributed by atoms with van der Waals surface area (Å²) in [5, 5.41) is 16.4. The lowest BCUT2D eigenvalue weighted by molar-refractivity contribution is -0.384. The first kappa shape index (κ1) is 15.6. The van der Waals surface area contributed by atoms with Gasteiger partial charge < -0.3 is 15.1 Å². The summed E-state index contributed by atoms with van der Waals surface area (Å²) in [5.41, 5.74) is 1.34. The second-order valence-electron chi connectivity index (χ2n) is 4.81. The van der Waals surface area contributed by atoms with Gasteiger partial charge in [-0.05, 0) is 32.0 Å². The molecular formula is C15H17N3O4. The first-order valence-electron chi connectivity index (χ1n) is 6.81. The molecule has 0 atom stereocenters. The van der Waals surface area contributed by atoms with Crippen LogP contribution in [-0.2, 0) is 0 Å². The first-order chi connectivity index (χ1) is 10.5. The minimum atomic E-state index is -0.445. The van der Waals surface area contributed by atoms with Crippen LogP contribution in [0.1, 0.15) is 21.9 Å². The van der Waals surface area contributed by atoms with Crippen molar-refractivity contribution < 1.29 is 14.1 Å². The third-order valence-electron chi connectivity index (χ3n) is 3.10. The van der Waals surface area contributed by atoms with E-state index < -0.39 is 4.92 Å². The molecule has 0 unspecified atom stereocenters. The number of amides is 1. The quantitative estimate of drug-likeness (QED) is 0.485. The van der Waals surface area contributed by atoms with Gasteiger partial charge in [0.15, 0.2) is 0 Å². The summed E-state index contributed by atoms with van der Waals surface area (Å²) in [6.07, 6.45) is 0. The van der Waals surface area contributed by atoms with Crippen LogP contribution < -0.4 is 10.6 Å². The molecule has 1 amide bonds. The molecule has 22 heavy (non-hydrogen) atoms. The summed E-state index contributed by atoms with van der Waals surface area (Å²) in [7, 11) is 0. The molecule has 1 aromatic heterocycles. The predicted octanol–water partition coefficient (Wildman–Crippen LogP) is 2.65. The van der Waals surface area contributed by atoms with Crippen LogP contribution >= 0.6 is 0 Å². The Hall–Kier alpha value is -2.83. The zero-order chi connectivity index (χ0) is 16.1. The number of furan rings is 1. The number of carbonyl (C=O) groups is 1. The molecule has 0 radical (unpaired) electrons. The number of nitro benzene ring substituents is 1. The minimum absolute atomic E-state index is 0.0460. The fraction of sp³-hybridized carbons (Fsp3) is 0.267. The molecule has 7 nitrogen and oxygen atoms in total. The zero-order valence-corrected chi connectivity index (χ0v) is 12.4. The fourth-order valence-electron chi connectivity index (χ4n) is 2.04. The summed E-state index contributed by atoms with van der Waals surface area (Å²) < 4.78 is 5.31. The number of nitrogens with zero attached hydrogens (tertiary/aromatic N) is 1. The van der Waals surface area contributed by atoms with E-state index in [0.29, 0.717) is 30.2 Å². The molecule has 2 aromatic rings. The van der Waals surface area contributed by atoms with Crippen molar-refractivity contribution in [3.63, 3.8) is 0 Å². The van der Waals surface area contributed by atoms with E-state index in [4.69, 9.17) is 4.42 Å². The molecule has 0 saturated carbocycles. The Morgan fingerprint density at radius 1 is 1.23 bits per heavy atom. The number of non-ortho nitro benzene ring substituents is 1.